The van der Waals surface area contributed by atoms with E-state index in [1.54, 1.807) is 18.2 Å². The van der Waals surface area contributed by atoms with Gasteiger partial charge in [0.25, 0.3) is 0 Å². The molecule has 1 N–H and O–H groups in total. The van der Waals surface area contributed by atoms with E-state index >= 15 is 0 Å². The van der Waals surface area contributed by atoms with Crippen molar-refractivity contribution in [3.63, 3.8) is 0 Å². The van der Waals surface area contributed by atoms with Crippen LogP contribution in [0.25, 0.3) is 0 Å². The third kappa shape index (κ3) is 4.14. The van der Waals surface area contributed by atoms with E-state index < -0.39 is 0 Å². The van der Waals surface area contributed by atoms with E-state index in [4.69, 9.17) is 10.00 Å². The number of nitrogens with zero attached hydrogens (tertiary/aromatic N) is 1. The fraction of sp³-hybridized carbons (Fsp3) is 0.273. The molecule has 0 amide bonds. The Morgan fingerprint density at radius 2 is 2.40 bits per heavy atom. The molecule has 15 heavy (non-hydrogen) atoms. The van der Waals surface area contributed by atoms with Gasteiger partial charge in [-0.05, 0) is 18.2 Å². The van der Waals surface area contributed by atoms with Crippen LogP contribution in [0.2, 0.25) is 0 Å². The first-order chi connectivity index (χ1) is 7.22. The predicted octanol–water partition coefficient (Wildman–Crippen LogP) is 1.53. The quantitative estimate of drug-likeness (QED) is 0.596. The molecule has 0 heterocycles. The first kappa shape index (κ1) is 11.1. The zero-order valence-electron chi connectivity index (χ0n) is 8.49. The molecular formula is C11H12N2O2. The summed E-state index contributed by atoms with van der Waals surface area (Å²) >= 11 is 0. The maximum absolute atomic E-state index is 10.5. The molecule has 0 aromatic heterocycles. The van der Waals surface area contributed by atoms with Crippen LogP contribution in [-0.2, 0) is 9.53 Å². The molecule has 0 radical (unpaired) electrons. The molecule has 0 atom stereocenters. The molecule has 1 aromatic rings. The number of nitrogens with one attached hydrogen (secondary N) is 1. The average Bonchev–Trinajstić information content (AvgIpc) is 2.24. The first-order valence-corrected chi connectivity index (χ1v) is 4.60. The van der Waals surface area contributed by atoms with Crippen LogP contribution >= 0.6 is 0 Å². The molecule has 4 nitrogen and oxygen atoms in total. The molecule has 1 rings (SSSR count). The van der Waals surface area contributed by atoms with Gasteiger partial charge in [0.2, 0.25) is 0 Å². The minimum Gasteiger partial charge on any atom is -0.464 e. The number of rotatable bonds is 4. The highest BCUT2D eigenvalue weighted by molar-refractivity contribution is 5.65. The molecule has 0 aliphatic rings. The van der Waals surface area contributed by atoms with Crippen molar-refractivity contribution in [3.8, 4) is 6.07 Å². The lowest BCUT2D eigenvalue weighted by Crippen LogP contribution is -2.11. The first-order valence-electron chi connectivity index (χ1n) is 4.60. The van der Waals surface area contributed by atoms with E-state index in [1.165, 1.54) is 6.92 Å². The minimum absolute atomic E-state index is 0.289. The molecule has 0 saturated carbocycles. The highest BCUT2D eigenvalue weighted by atomic mass is 16.5. The zero-order valence-corrected chi connectivity index (χ0v) is 8.49. The van der Waals surface area contributed by atoms with Crippen molar-refractivity contribution >= 4 is 11.7 Å². The summed E-state index contributed by atoms with van der Waals surface area (Å²) in [6.45, 7) is 2.23. The molecule has 0 saturated heterocycles. The molecule has 78 valence electrons. The molecular weight excluding hydrogens is 192 g/mol. The Kier molecular flexibility index (Phi) is 4.17. The van der Waals surface area contributed by atoms with Crippen molar-refractivity contribution in [3.05, 3.63) is 29.8 Å². The van der Waals surface area contributed by atoms with Crippen LogP contribution in [0, 0.1) is 11.3 Å². The van der Waals surface area contributed by atoms with Crippen molar-refractivity contribution in [1.29, 1.82) is 5.26 Å². The van der Waals surface area contributed by atoms with Crippen molar-refractivity contribution in [2.24, 2.45) is 0 Å². The summed E-state index contributed by atoms with van der Waals surface area (Å²) in [7, 11) is 0. The van der Waals surface area contributed by atoms with Gasteiger partial charge in [0, 0.05) is 19.2 Å². The van der Waals surface area contributed by atoms with Crippen LogP contribution in [-0.4, -0.2) is 19.1 Å². The third-order valence-corrected chi connectivity index (χ3v) is 1.73. The Bertz CT molecular complexity index is 382. The Labute approximate surface area is 88.5 Å². The van der Waals surface area contributed by atoms with E-state index in [9.17, 15) is 4.79 Å². The van der Waals surface area contributed by atoms with Crippen molar-refractivity contribution in [2.75, 3.05) is 18.5 Å². The predicted molar refractivity (Wildman–Crippen MR) is 56.3 cm³/mol. The summed E-state index contributed by atoms with van der Waals surface area (Å²) in [6, 6.07) is 9.18. The molecule has 4 heteroatoms. The summed E-state index contributed by atoms with van der Waals surface area (Å²) in [6.07, 6.45) is 0. The van der Waals surface area contributed by atoms with Crippen LogP contribution in [0.5, 0.6) is 0 Å². The second kappa shape index (κ2) is 5.66. The number of carbonyl (C=O) groups excluding carboxylic acids is 1. The van der Waals surface area contributed by atoms with Gasteiger partial charge in [0.15, 0.2) is 0 Å². The Balaban J connectivity index is 2.38. The van der Waals surface area contributed by atoms with E-state index in [2.05, 4.69) is 11.4 Å². The zero-order chi connectivity index (χ0) is 11.1. The van der Waals surface area contributed by atoms with Gasteiger partial charge in [-0.3, -0.25) is 4.79 Å². The molecule has 0 bridgehead atoms. The number of anilines is 1. The second-order valence-electron chi connectivity index (χ2n) is 2.96. The summed E-state index contributed by atoms with van der Waals surface area (Å²) in [4.78, 5) is 10.5. The average molecular weight is 204 g/mol. The number of ether oxygens (including phenoxy) is 1. The van der Waals surface area contributed by atoms with Crippen LogP contribution < -0.4 is 5.32 Å². The van der Waals surface area contributed by atoms with Crippen molar-refractivity contribution in [2.45, 2.75) is 6.92 Å². The van der Waals surface area contributed by atoms with Crippen LogP contribution in [0.15, 0.2) is 24.3 Å². The maximum Gasteiger partial charge on any atom is 0.302 e. The topological polar surface area (TPSA) is 62.1 Å². The lowest BCUT2D eigenvalue weighted by molar-refractivity contribution is -0.140. The standard InChI is InChI=1S/C11H12N2O2/c1-9(14)15-6-5-13-11-4-2-3-10(7-11)8-12/h2-4,7,13H,5-6H2,1H3. The number of benzene rings is 1. The Morgan fingerprint density at radius 3 is 3.07 bits per heavy atom. The lowest BCUT2D eigenvalue weighted by atomic mass is 10.2. The number of hydrogen-bond acceptors (Lipinski definition) is 4. The van der Waals surface area contributed by atoms with Gasteiger partial charge in [-0.2, -0.15) is 5.26 Å². The van der Waals surface area contributed by atoms with E-state index in [0.29, 0.717) is 18.7 Å². The second-order valence-corrected chi connectivity index (χ2v) is 2.96. The summed E-state index contributed by atoms with van der Waals surface area (Å²) in [5, 5.41) is 11.7. The third-order valence-electron chi connectivity index (χ3n) is 1.73. The summed E-state index contributed by atoms with van der Waals surface area (Å²) in [5.74, 6) is -0.289. The highest BCUT2D eigenvalue weighted by Crippen LogP contribution is 2.08. The van der Waals surface area contributed by atoms with E-state index in [-0.39, 0.29) is 5.97 Å². The normalized spacial score (nSPS) is 9.07. The van der Waals surface area contributed by atoms with Crippen molar-refractivity contribution in [1.82, 2.24) is 0 Å². The fourth-order valence-corrected chi connectivity index (χ4v) is 1.09. The smallest absolute Gasteiger partial charge is 0.302 e. The van der Waals surface area contributed by atoms with Gasteiger partial charge in [0.1, 0.15) is 6.61 Å². The summed E-state index contributed by atoms with van der Waals surface area (Å²) < 4.78 is 4.75. The molecule has 0 aliphatic heterocycles. The number of nitriles is 1. The minimum atomic E-state index is -0.289. The van der Waals surface area contributed by atoms with Gasteiger partial charge in [-0.15, -0.1) is 0 Å². The van der Waals surface area contributed by atoms with Gasteiger partial charge in [0.05, 0.1) is 11.6 Å². The maximum atomic E-state index is 10.5. The monoisotopic (exact) mass is 204 g/mol. The largest absolute Gasteiger partial charge is 0.464 e. The highest BCUT2D eigenvalue weighted by Gasteiger charge is 1.95. The number of carbonyl (C=O) groups is 1. The SMILES string of the molecule is CC(=O)OCCNc1cccc(C#N)c1. The lowest BCUT2D eigenvalue weighted by Gasteiger charge is -2.06. The molecule has 0 unspecified atom stereocenters. The molecule has 0 fully saturated rings. The molecule has 1 aromatic carbocycles. The van der Waals surface area contributed by atoms with E-state index in [1.807, 2.05) is 6.07 Å². The van der Waals surface area contributed by atoms with Crippen LogP contribution in [0.4, 0.5) is 5.69 Å². The van der Waals surface area contributed by atoms with Gasteiger partial charge < -0.3 is 10.1 Å². The van der Waals surface area contributed by atoms with Crippen LogP contribution in [0.1, 0.15) is 12.5 Å². The van der Waals surface area contributed by atoms with Gasteiger partial charge in [-0.25, -0.2) is 0 Å². The summed E-state index contributed by atoms with van der Waals surface area (Å²) in [5.41, 5.74) is 1.45. The Hall–Kier alpha value is -2.02. The molecule has 0 aliphatic carbocycles. The fourth-order valence-electron chi connectivity index (χ4n) is 1.09. The Morgan fingerprint density at radius 1 is 1.60 bits per heavy atom. The van der Waals surface area contributed by atoms with Crippen molar-refractivity contribution < 1.29 is 9.53 Å². The number of esters is 1. The number of hydrogen-bond donors (Lipinski definition) is 1. The van der Waals surface area contributed by atoms with Gasteiger partial charge in [-0.1, -0.05) is 6.07 Å². The molecule has 0 spiro atoms. The van der Waals surface area contributed by atoms with Gasteiger partial charge >= 0.3 is 5.97 Å². The van der Waals surface area contributed by atoms with Crippen LogP contribution in [0.3, 0.4) is 0 Å². The van der Waals surface area contributed by atoms with E-state index in [0.717, 1.165) is 5.69 Å².